The molecule has 192 valence electrons. The SMILES string of the molecule is NCCN1CCC(N(CC(O)C(O)C(O)C(O)CO)CC(O)C(O)C(O)C(O)CO)CC1. The molecule has 0 aliphatic carbocycles. The van der Waals surface area contributed by atoms with Crippen molar-refractivity contribution < 1.29 is 51.1 Å². The molecule has 1 heterocycles. The van der Waals surface area contributed by atoms with Gasteiger partial charge in [-0.1, -0.05) is 0 Å². The second-order valence-electron chi connectivity index (χ2n) is 8.41. The first-order valence-electron chi connectivity index (χ1n) is 10.9. The van der Waals surface area contributed by atoms with Gasteiger partial charge in [0, 0.05) is 32.2 Å². The molecule has 32 heavy (non-hydrogen) atoms. The topological polar surface area (TPSA) is 235 Å². The number of nitrogens with two attached hydrogens (primary N) is 1. The van der Waals surface area contributed by atoms with Crippen molar-refractivity contribution >= 4 is 0 Å². The maximum atomic E-state index is 10.4. The summed E-state index contributed by atoms with van der Waals surface area (Å²) in [5.74, 6) is 0. The van der Waals surface area contributed by atoms with E-state index in [-0.39, 0.29) is 19.1 Å². The van der Waals surface area contributed by atoms with E-state index in [1.54, 1.807) is 4.90 Å². The van der Waals surface area contributed by atoms with Crippen molar-refractivity contribution in [2.45, 2.75) is 67.7 Å². The summed E-state index contributed by atoms with van der Waals surface area (Å²) in [7, 11) is 0. The molecular weight excluding hydrogens is 430 g/mol. The first-order valence-corrected chi connectivity index (χ1v) is 10.9. The minimum absolute atomic E-state index is 0.187. The van der Waals surface area contributed by atoms with Crippen LogP contribution in [-0.2, 0) is 0 Å². The second kappa shape index (κ2) is 14.7. The van der Waals surface area contributed by atoms with Gasteiger partial charge in [0.15, 0.2) is 0 Å². The Kier molecular flexibility index (Phi) is 13.5. The van der Waals surface area contributed by atoms with E-state index < -0.39 is 62.0 Å². The zero-order valence-electron chi connectivity index (χ0n) is 18.2. The normalized spacial score (nSPS) is 24.0. The minimum atomic E-state index is -1.81. The summed E-state index contributed by atoms with van der Waals surface area (Å²) in [5.41, 5.74) is 5.58. The van der Waals surface area contributed by atoms with E-state index in [0.717, 1.165) is 0 Å². The molecule has 1 saturated heterocycles. The van der Waals surface area contributed by atoms with E-state index in [9.17, 15) is 40.9 Å². The zero-order valence-corrected chi connectivity index (χ0v) is 18.2. The van der Waals surface area contributed by atoms with E-state index in [1.807, 2.05) is 0 Å². The van der Waals surface area contributed by atoms with Gasteiger partial charge in [0.05, 0.1) is 25.4 Å². The summed E-state index contributed by atoms with van der Waals surface area (Å²) < 4.78 is 0. The van der Waals surface area contributed by atoms with Gasteiger partial charge < -0.3 is 61.7 Å². The number of hydrogen-bond donors (Lipinski definition) is 11. The van der Waals surface area contributed by atoms with Crippen LogP contribution in [0.4, 0.5) is 0 Å². The molecule has 0 aromatic heterocycles. The van der Waals surface area contributed by atoms with Crippen molar-refractivity contribution in [1.82, 2.24) is 9.80 Å². The van der Waals surface area contributed by atoms with Gasteiger partial charge in [0.1, 0.15) is 36.6 Å². The molecule has 0 aromatic carbocycles. The molecule has 1 aliphatic rings. The molecule has 8 atom stereocenters. The van der Waals surface area contributed by atoms with E-state index in [4.69, 9.17) is 15.9 Å². The Labute approximate surface area is 187 Å². The van der Waals surface area contributed by atoms with Gasteiger partial charge in [0.2, 0.25) is 0 Å². The molecule has 0 amide bonds. The Morgan fingerprint density at radius 1 is 0.688 bits per heavy atom. The highest BCUT2D eigenvalue weighted by Gasteiger charge is 2.36. The van der Waals surface area contributed by atoms with Gasteiger partial charge in [-0.2, -0.15) is 0 Å². The molecule has 13 nitrogen and oxygen atoms in total. The van der Waals surface area contributed by atoms with E-state index in [2.05, 4.69) is 4.90 Å². The predicted octanol–water partition coefficient (Wildman–Crippen LogP) is -6.42. The Morgan fingerprint density at radius 2 is 1.06 bits per heavy atom. The lowest BCUT2D eigenvalue weighted by Gasteiger charge is -2.41. The highest BCUT2D eigenvalue weighted by molar-refractivity contribution is 4.89. The number of aliphatic hydroxyl groups excluding tert-OH is 10. The quantitative estimate of drug-likeness (QED) is 0.107. The summed E-state index contributed by atoms with van der Waals surface area (Å²) in [4.78, 5) is 3.74. The Hall–Kier alpha value is -0.520. The van der Waals surface area contributed by atoms with Crippen molar-refractivity contribution in [3.05, 3.63) is 0 Å². The average molecular weight is 472 g/mol. The molecular formula is C19H41N3O10. The van der Waals surface area contributed by atoms with Gasteiger partial charge in [-0.25, -0.2) is 0 Å². The number of hydrogen-bond acceptors (Lipinski definition) is 13. The summed E-state index contributed by atoms with van der Waals surface area (Å²) in [5, 5.41) is 97.8. The maximum Gasteiger partial charge on any atom is 0.111 e. The molecule has 0 spiro atoms. The first-order chi connectivity index (χ1) is 15.1. The molecule has 12 N–H and O–H groups in total. The minimum Gasteiger partial charge on any atom is -0.394 e. The van der Waals surface area contributed by atoms with Crippen LogP contribution in [0, 0.1) is 0 Å². The Balaban J connectivity index is 2.89. The summed E-state index contributed by atoms with van der Waals surface area (Å²) in [6.07, 6.45) is -12.4. The van der Waals surface area contributed by atoms with E-state index in [0.29, 0.717) is 39.0 Å². The fraction of sp³-hybridized carbons (Fsp3) is 1.00. The molecule has 0 saturated carbocycles. The number of rotatable bonds is 15. The van der Waals surface area contributed by atoms with Crippen LogP contribution in [0.1, 0.15) is 12.8 Å². The van der Waals surface area contributed by atoms with Crippen LogP contribution in [0.5, 0.6) is 0 Å². The van der Waals surface area contributed by atoms with Gasteiger partial charge in [-0.15, -0.1) is 0 Å². The molecule has 0 radical (unpaired) electrons. The standard InChI is InChI=1S/C19H41N3O10/c20-3-6-21-4-1-11(2-5-21)22(7-12(25)16(29)18(31)14(27)9-23)8-13(26)17(30)19(32)15(28)10-24/h11-19,23-32H,1-10,20H2. The van der Waals surface area contributed by atoms with Crippen LogP contribution < -0.4 is 5.73 Å². The molecule has 13 heteroatoms. The third-order valence-electron chi connectivity index (χ3n) is 6.01. The van der Waals surface area contributed by atoms with Gasteiger partial charge in [0.25, 0.3) is 0 Å². The fourth-order valence-electron chi connectivity index (χ4n) is 3.89. The summed E-state index contributed by atoms with van der Waals surface area (Å²) in [6, 6.07) is -0.187. The van der Waals surface area contributed by atoms with Crippen LogP contribution in [0.25, 0.3) is 0 Å². The van der Waals surface area contributed by atoms with Gasteiger partial charge in [-0.3, -0.25) is 4.90 Å². The van der Waals surface area contributed by atoms with Crippen molar-refractivity contribution in [3.8, 4) is 0 Å². The zero-order chi connectivity index (χ0) is 24.4. The third-order valence-corrected chi connectivity index (χ3v) is 6.01. The van der Waals surface area contributed by atoms with Crippen molar-refractivity contribution in [2.75, 3.05) is 52.5 Å². The van der Waals surface area contributed by atoms with Crippen LogP contribution in [0.15, 0.2) is 0 Å². The van der Waals surface area contributed by atoms with Gasteiger partial charge >= 0.3 is 0 Å². The third kappa shape index (κ3) is 8.68. The predicted molar refractivity (Wildman–Crippen MR) is 112 cm³/mol. The molecule has 0 aromatic rings. The lowest BCUT2D eigenvalue weighted by atomic mass is 9.97. The van der Waals surface area contributed by atoms with Crippen LogP contribution >= 0.6 is 0 Å². The second-order valence-corrected chi connectivity index (χ2v) is 8.41. The maximum absolute atomic E-state index is 10.4. The van der Waals surface area contributed by atoms with E-state index >= 15 is 0 Å². The number of likely N-dealkylation sites (tertiary alicyclic amines) is 1. The first kappa shape index (κ1) is 29.5. The summed E-state index contributed by atoms with van der Waals surface area (Å²) >= 11 is 0. The van der Waals surface area contributed by atoms with Crippen molar-refractivity contribution in [3.63, 3.8) is 0 Å². The molecule has 0 bridgehead atoms. The molecule has 8 unspecified atom stereocenters. The Bertz CT molecular complexity index is 470. The number of piperidine rings is 1. The monoisotopic (exact) mass is 471 g/mol. The largest absolute Gasteiger partial charge is 0.394 e. The lowest BCUT2D eigenvalue weighted by molar-refractivity contribution is -0.134. The molecule has 1 fully saturated rings. The van der Waals surface area contributed by atoms with Crippen LogP contribution in [0.2, 0.25) is 0 Å². The van der Waals surface area contributed by atoms with Crippen molar-refractivity contribution in [1.29, 1.82) is 0 Å². The average Bonchev–Trinajstić information content (AvgIpc) is 2.80. The van der Waals surface area contributed by atoms with Crippen LogP contribution in [-0.4, -0.2) is 168 Å². The fourth-order valence-corrected chi connectivity index (χ4v) is 3.89. The number of aliphatic hydroxyl groups is 10. The molecule has 1 rings (SSSR count). The summed E-state index contributed by atoms with van der Waals surface area (Å²) in [6.45, 7) is 0.460. The van der Waals surface area contributed by atoms with Crippen LogP contribution in [0.3, 0.4) is 0 Å². The lowest BCUT2D eigenvalue weighted by Crippen LogP contribution is -2.56. The highest BCUT2D eigenvalue weighted by Crippen LogP contribution is 2.20. The Morgan fingerprint density at radius 3 is 1.41 bits per heavy atom. The van der Waals surface area contributed by atoms with E-state index in [1.165, 1.54) is 0 Å². The highest BCUT2D eigenvalue weighted by atomic mass is 16.4. The smallest absolute Gasteiger partial charge is 0.111 e. The van der Waals surface area contributed by atoms with Gasteiger partial charge in [-0.05, 0) is 25.9 Å². The number of nitrogens with zero attached hydrogens (tertiary/aromatic N) is 2. The molecule has 1 aliphatic heterocycles. The van der Waals surface area contributed by atoms with Crippen molar-refractivity contribution in [2.24, 2.45) is 5.73 Å².